The Morgan fingerprint density at radius 3 is 2.29 bits per heavy atom. The van der Waals surface area contributed by atoms with Crippen molar-refractivity contribution in [3.8, 4) is 0 Å². The number of benzene rings is 1. The van der Waals surface area contributed by atoms with E-state index in [-0.39, 0.29) is 18.3 Å². The van der Waals surface area contributed by atoms with Crippen LogP contribution in [0, 0.1) is 0 Å². The lowest BCUT2D eigenvalue weighted by Crippen LogP contribution is -2.41. The number of piperidine rings is 1. The van der Waals surface area contributed by atoms with Crippen molar-refractivity contribution >= 4 is 24.2 Å². The summed E-state index contributed by atoms with van der Waals surface area (Å²) in [5.74, 6) is 0. The predicted molar refractivity (Wildman–Crippen MR) is 99.4 cm³/mol. The highest BCUT2D eigenvalue weighted by Gasteiger charge is 2.51. The molecule has 2 aliphatic heterocycles. The molecule has 3 rings (SSSR count). The average Bonchev–Trinajstić information content (AvgIpc) is 2.75. The maximum atomic E-state index is 6.50. The third kappa shape index (κ3) is 3.81. The van der Waals surface area contributed by atoms with Crippen LogP contribution in [0.3, 0.4) is 0 Å². The van der Waals surface area contributed by atoms with E-state index in [1.54, 1.807) is 0 Å². The smallest absolute Gasteiger partial charge is 0.399 e. The lowest BCUT2D eigenvalue weighted by atomic mass is 9.79. The van der Waals surface area contributed by atoms with Crippen LogP contribution in [0.1, 0.15) is 52.5 Å². The molecule has 0 atom stereocenters. The summed E-state index contributed by atoms with van der Waals surface area (Å²) in [5.41, 5.74) is 4.88. The Balaban J connectivity index is 1.64. The van der Waals surface area contributed by atoms with Crippen molar-refractivity contribution < 1.29 is 9.31 Å². The summed E-state index contributed by atoms with van der Waals surface area (Å²) in [5, 5.41) is 3.05. The normalized spacial score (nSPS) is 23.6. The highest BCUT2D eigenvalue weighted by atomic mass is 35.5. The van der Waals surface area contributed by atoms with Crippen LogP contribution in [-0.4, -0.2) is 36.4 Å². The van der Waals surface area contributed by atoms with Crippen molar-refractivity contribution in [3.63, 3.8) is 0 Å². The Bertz CT molecular complexity index is 572. The van der Waals surface area contributed by atoms with Crippen LogP contribution in [-0.2, 0) is 15.9 Å². The van der Waals surface area contributed by atoms with Crippen LogP contribution in [0.25, 0.3) is 0 Å². The number of hydrazine groups is 1. The molecule has 1 aromatic rings. The summed E-state index contributed by atoms with van der Waals surface area (Å²) in [4.78, 5) is 0. The van der Waals surface area contributed by atoms with Gasteiger partial charge in [0.2, 0.25) is 0 Å². The third-order valence-corrected chi connectivity index (χ3v) is 5.80. The first kappa shape index (κ1) is 18.2. The molecule has 0 unspecified atom stereocenters. The molecule has 0 spiro atoms. The molecule has 2 heterocycles. The van der Waals surface area contributed by atoms with E-state index in [1.165, 1.54) is 19.3 Å². The summed E-state index contributed by atoms with van der Waals surface area (Å²) in [6.45, 7) is 11.2. The Morgan fingerprint density at radius 2 is 1.71 bits per heavy atom. The summed E-state index contributed by atoms with van der Waals surface area (Å²) in [7, 11) is -0.364. The quantitative estimate of drug-likeness (QED) is 0.846. The molecule has 6 heteroatoms. The lowest BCUT2D eigenvalue weighted by Gasteiger charge is -2.32. The van der Waals surface area contributed by atoms with Gasteiger partial charge in [-0.15, -0.1) is 0 Å². The van der Waals surface area contributed by atoms with Gasteiger partial charge in [-0.1, -0.05) is 30.2 Å². The summed E-state index contributed by atoms with van der Waals surface area (Å²) < 4.78 is 12.2. The van der Waals surface area contributed by atoms with Gasteiger partial charge in [0.15, 0.2) is 0 Å². The van der Waals surface area contributed by atoms with Gasteiger partial charge >= 0.3 is 7.12 Å². The van der Waals surface area contributed by atoms with Crippen molar-refractivity contribution in [2.24, 2.45) is 0 Å². The molecule has 0 radical (unpaired) electrons. The SMILES string of the molecule is CC1(C)OB(c2ccc(CNN3CCCCC3)c(Cl)c2)OC1(C)C. The topological polar surface area (TPSA) is 33.7 Å². The summed E-state index contributed by atoms with van der Waals surface area (Å²) in [6, 6.07) is 6.10. The van der Waals surface area contributed by atoms with E-state index in [0.29, 0.717) is 0 Å². The van der Waals surface area contributed by atoms with Crippen molar-refractivity contribution in [2.75, 3.05) is 13.1 Å². The second-order valence-electron chi connectivity index (χ2n) is 7.82. The van der Waals surface area contributed by atoms with E-state index < -0.39 is 0 Å². The molecule has 0 aliphatic carbocycles. The van der Waals surface area contributed by atoms with Gasteiger partial charge in [0.25, 0.3) is 0 Å². The van der Waals surface area contributed by atoms with Crippen LogP contribution < -0.4 is 10.9 Å². The molecule has 132 valence electrons. The summed E-state index contributed by atoms with van der Waals surface area (Å²) in [6.07, 6.45) is 3.87. The zero-order valence-electron chi connectivity index (χ0n) is 15.2. The second-order valence-corrected chi connectivity index (χ2v) is 8.23. The zero-order valence-corrected chi connectivity index (χ0v) is 15.9. The van der Waals surface area contributed by atoms with Gasteiger partial charge in [-0.3, -0.25) is 5.43 Å². The standard InChI is InChI=1S/C18H28BClN2O2/c1-17(2)18(3,4)24-19(23-17)15-9-8-14(16(20)12-15)13-21-22-10-6-5-7-11-22/h8-9,12,21H,5-7,10-11,13H2,1-4H3. The Morgan fingerprint density at radius 1 is 1.08 bits per heavy atom. The van der Waals surface area contributed by atoms with E-state index in [1.807, 2.05) is 6.07 Å². The number of rotatable bonds is 4. The van der Waals surface area contributed by atoms with E-state index in [9.17, 15) is 0 Å². The maximum absolute atomic E-state index is 6.50. The lowest BCUT2D eigenvalue weighted by molar-refractivity contribution is 0.00578. The van der Waals surface area contributed by atoms with Gasteiger partial charge in [-0.25, -0.2) is 5.01 Å². The minimum Gasteiger partial charge on any atom is -0.399 e. The molecule has 1 N–H and O–H groups in total. The largest absolute Gasteiger partial charge is 0.494 e. The number of nitrogens with one attached hydrogen (secondary N) is 1. The molecule has 0 bridgehead atoms. The number of nitrogens with zero attached hydrogens (tertiary/aromatic N) is 1. The van der Waals surface area contributed by atoms with Crippen molar-refractivity contribution in [2.45, 2.75) is 64.7 Å². The first-order chi connectivity index (χ1) is 11.3. The molecule has 0 aromatic heterocycles. The Kier molecular flexibility index (Phi) is 5.29. The minimum absolute atomic E-state index is 0.335. The molecule has 2 saturated heterocycles. The second kappa shape index (κ2) is 6.97. The Hall–Kier alpha value is -0.585. The van der Waals surface area contributed by atoms with Gasteiger partial charge < -0.3 is 9.31 Å². The fourth-order valence-corrected chi connectivity index (χ4v) is 3.34. The van der Waals surface area contributed by atoms with Gasteiger partial charge in [0.05, 0.1) is 11.2 Å². The van der Waals surface area contributed by atoms with Crippen LogP contribution in [0.5, 0.6) is 0 Å². The Labute approximate surface area is 151 Å². The zero-order chi connectivity index (χ0) is 17.4. The molecular weight excluding hydrogens is 322 g/mol. The van der Waals surface area contributed by atoms with Gasteiger partial charge in [0, 0.05) is 24.7 Å². The van der Waals surface area contributed by atoms with E-state index in [2.05, 4.69) is 50.3 Å². The maximum Gasteiger partial charge on any atom is 0.494 e. The van der Waals surface area contributed by atoms with Gasteiger partial charge in [-0.05, 0) is 57.6 Å². The van der Waals surface area contributed by atoms with Crippen LogP contribution in [0.2, 0.25) is 5.02 Å². The van der Waals surface area contributed by atoms with E-state index in [4.69, 9.17) is 20.9 Å². The van der Waals surface area contributed by atoms with E-state index >= 15 is 0 Å². The molecule has 1 aromatic carbocycles. The van der Waals surface area contributed by atoms with E-state index in [0.717, 1.165) is 35.7 Å². The summed E-state index contributed by atoms with van der Waals surface area (Å²) >= 11 is 6.50. The van der Waals surface area contributed by atoms with Crippen LogP contribution in [0.4, 0.5) is 0 Å². The molecule has 4 nitrogen and oxygen atoms in total. The van der Waals surface area contributed by atoms with Crippen molar-refractivity contribution in [1.82, 2.24) is 10.4 Å². The average molecular weight is 351 g/mol. The number of halogens is 1. The van der Waals surface area contributed by atoms with Crippen molar-refractivity contribution in [1.29, 1.82) is 0 Å². The fraction of sp³-hybridized carbons (Fsp3) is 0.667. The fourth-order valence-electron chi connectivity index (χ4n) is 3.08. The molecule has 2 aliphatic rings. The van der Waals surface area contributed by atoms with Crippen LogP contribution in [0.15, 0.2) is 18.2 Å². The van der Waals surface area contributed by atoms with Gasteiger partial charge in [-0.2, -0.15) is 0 Å². The molecular formula is C18H28BClN2O2. The molecule has 2 fully saturated rings. The van der Waals surface area contributed by atoms with Crippen molar-refractivity contribution in [3.05, 3.63) is 28.8 Å². The highest BCUT2D eigenvalue weighted by Crippen LogP contribution is 2.36. The number of hydrogen-bond acceptors (Lipinski definition) is 4. The monoisotopic (exact) mass is 350 g/mol. The third-order valence-electron chi connectivity index (χ3n) is 5.45. The predicted octanol–water partition coefficient (Wildman–Crippen LogP) is 3.13. The number of hydrogen-bond donors (Lipinski definition) is 1. The highest BCUT2D eigenvalue weighted by molar-refractivity contribution is 6.62. The molecule has 0 saturated carbocycles. The molecule has 24 heavy (non-hydrogen) atoms. The first-order valence-corrected chi connectivity index (χ1v) is 9.29. The first-order valence-electron chi connectivity index (χ1n) is 8.91. The molecule has 0 amide bonds. The van der Waals surface area contributed by atoms with Gasteiger partial charge in [0.1, 0.15) is 0 Å². The minimum atomic E-state index is -0.364. The van der Waals surface area contributed by atoms with Crippen LogP contribution >= 0.6 is 11.6 Å².